The van der Waals surface area contributed by atoms with Crippen molar-refractivity contribution in [3.63, 3.8) is 0 Å². The lowest BCUT2D eigenvalue weighted by atomic mass is 9.97. The third-order valence-electron chi connectivity index (χ3n) is 4.35. The standard InChI is InChI=1S/C12H22O15S/c13-1-4-6(16)8(18)10(20)12(25-4,27-28(21,22)23)26-11(3-15)9(19)7(17)5(2-14)24-11/h4-10,13-20H,1-3H2,(H,21,22,23)/t4-,5-,6-,7-,8+,9+,10-,11?,12-/m1/s1. The molecule has 2 aliphatic rings. The number of hydrogen-bond donors (Lipinski definition) is 9. The summed E-state index contributed by atoms with van der Waals surface area (Å²) < 4.78 is 50.7. The van der Waals surface area contributed by atoms with Crippen molar-refractivity contribution in [2.75, 3.05) is 19.8 Å². The van der Waals surface area contributed by atoms with Gasteiger partial charge in [-0.25, -0.2) is 0 Å². The Labute approximate surface area is 157 Å². The first-order chi connectivity index (χ1) is 12.9. The van der Waals surface area contributed by atoms with Gasteiger partial charge in [-0.2, -0.15) is 12.6 Å². The second-order valence-corrected chi connectivity index (χ2v) is 7.25. The van der Waals surface area contributed by atoms with Crippen LogP contribution in [-0.2, 0) is 28.8 Å². The van der Waals surface area contributed by atoms with Gasteiger partial charge in [0, 0.05) is 0 Å². The fourth-order valence-electron chi connectivity index (χ4n) is 2.92. The molecule has 2 aliphatic heterocycles. The Morgan fingerprint density at radius 2 is 1.36 bits per heavy atom. The van der Waals surface area contributed by atoms with Crippen LogP contribution in [0.15, 0.2) is 0 Å². The molecule has 0 aromatic rings. The Bertz CT molecular complexity index is 641. The number of aliphatic hydroxyl groups excluding tert-OH is 8. The highest BCUT2D eigenvalue weighted by molar-refractivity contribution is 7.80. The molecular weight excluding hydrogens is 416 g/mol. The van der Waals surface area contributed by atoms with E-state index in [9.17, 15) is 44.2 Å². The van der Waals surface area contributed by atoms with Gasteiger partial charge in [0.1, 0.15) is 43.2 Å². The summed E-state index contributed by atoms with van der Waals surface area (Å²) in [6, 6.07) is 0. The van der Waals surface area contributed by atoms with Crippen LogP contribution >= 0.6 is 0 Å². The molecule has 15 nitrogen and oxygen atoms in total. The zero-order valence-electron chi connectivity index (χ0n) is 14.0. The minimum atomic E-state index is -5.53. The molecule has 28 heavy (non-hydrogen) atoms. The van der Waals surface area contributed by atoms with Crippen LogP contribution < -0.4 is 0 Å². The highest BCUT2D eigenvalue weighted by atomic mass is 32.3. The molecule has 0 aromatic carbocycles. The fourth-order valence-corrected chi connectivity index (χ4v) is 3.39. The number of hydrogen-bond acceptors (Lipinski definition) is 14. The predicted octanol–water partition coefficient (Wildman–Crippen LogP) is -6.25. The molecule has 0 bridgehead atoms. The molecule has 0 aromatic heterocycles. The molecule has 0 aliphatic carbocycles. The third kappa shape index (κ3) is 4.16. The van der Waals surface area contributed by atoms with Gasteiger partial charge in [0.2, 0.25) is 5.79 Å². The molecule has 2 fully saturated rings. The Morgan fingerprint density at radius 3 is 1.79 bits per heavy atom. The topological polar surface area (TPSA) is 253 Å². The maximum atomic E-state index is 11.3. The summed E-state index contributed by atoms with van der Waals surface area (Å²) in [6.45, 7) is -3.29. The summed E-state index contributed by atoms with van der Waals surface area (Å²) in [5.41, 5.74) is 0. The number of ether oxygens (including phenoxy) is 3. The van der Waals surface area contributed by atoms with Crippen molar-refractivity contribution < 1.29 is 72.2 Å². The predicted molar refractivity (Wildman–Crippen MR) is 80.2 cm³/mol. The molecule has 9 atom stereocenters. The van der Waals surface area contributed by atoms with E-state index in [0.717, 1.165) is 0 Å². The molecular formula is C12H22O15S. The lowest BCUT2D eigenvalue weighted by Crippen LogP contribution is -2.70. The van der Waals surface area contributed by atoms with E-state index in [1.165, 1.54) is 0 Å². The van der Waals surface area contributed by atoms with Crippen molar-refractivity contribution in [1.29, 1.82) is 0 Å². The fraction of sp³-hybridized carbons (Fsp3) is 1.00. The molecule has 2 heterocycles. The normalized spacial score (nSPS) is 47.4. The van der Waals surface area contributed by atoms with Crippen LogP contribution in [0.3, 0.4) is 0 Å². The van der Waals surface area contributed by atoms with E-state index in [1.807, 2.05) is 0 Å². The molecule has 1 unspecified atom stereocenters. The van der Waals surface area contributed by atoms with E-state index in [4.69, 9.17) is 23.9 Å². The summed E-state index contributed by atoms with van der Waals surface area (Å²) in [4.78, 5) is 0. The van der Waals surface area contributed by atoms with Gasteiger partial charge in [-0.05, 0) is 0 Å². The number of aliphatic hydroxyl groups is 8. The van der Waals surface area contributed by atoms with E-state index in [2.05, 4.69) is 4.18 Å². The highest BCUT2D eigenvalue weighted by Crippen LogP contribution is 2.41. The van der Waals surface area contributed by atoms with Crippen molar-refractivity contribution in [3.8, 4) is 0 Å². The molecule has 9 N–H and O–H groups in total. The van der Waals surface area contributed by atoms with Crippen molar-refractivity contribution in [3.05, 3.63) is 0 Å². The molecule has 0 saturated carbocycles. The lowest BCUT2D eigenvalue weighted by molar-refractivity contribution is -0.490. The Balaban J connectivity index is 2.51. The second-order valence-electron chi connectivity index (χ2n) is 6.23. The quantitative estimate of drug-likeness (QED) is 0.132. The van der Waals surface area contributed by atoms with Crippen molar-refractivity contribution in [2.45, 2.75) is 54.5 Å². The molecule has 0 spiro atoms. The van der Waals surface area contributed by atoms with Crippen LogP contribution in [-0.4, -0.2) is 128 Å². The van der Waals surface area contributed by atoms with Crippen molar-refractivity contribution in [2.24, 2.45) is 0 Å². The van der Waals surface area contributed by atoms with Crippen LogP contribution in [0.25, 0.3) is 0 Å². The Morgan fingerprint density at radius 1 is 0.821 bits per heavy atom. The molecule has 166 valence electrons. The Kier molecular flexibility index (Phi) is 7.01. The number of rotatable bonds is 7. The van der Waals surface area contributed by atoms with Crippen molar-refractivity contribution >= 4 is 10.4 Å². The smallest absolute Gasteiger partial charge is 0.394 e. The molecule has 0 radical (unpaired) electrons. The first-order valence-electron chi connectivity index (χ1n) is 7.83. The largest absolute Gasteiger partial charge is 0.402 e. The van der Waals surface area contributed by atoms with Gasteiger partial charge >= 0.3 is 16.4 Å². The van der Waals surface area contributed by atoms with E-state index < -0.39 is 84.7 Å². The van der Waals surface area contributed by atoms with E-state index >= 15 is 0 Å². The Hall–Kier alpha value is -0.570. The van der Waals surface area contributed by atoms with E-state index in [-0.39, 0.29) is 0 Å². The van der Waals surface area contributed by atoms with E-state index in [0.29, 0.717) is 0 Å². The van der Waals surface area contributed by atoms with Gasteiger partial charge in [0.15, 0.2) is 6.10 Å². The zero-order chi connectivity index (χ0) is 21.5. The molecule has 2 rings (SSSR count). The summed E-state index contributed by atoms with van der Waals surface area (Å²) in [6.07, 6.45) is -14.3. The first kappa shape index (κ1) is 23.7. The van der Waals surface area contributed by atoms with Gasteiger partial charge in [-0.1, -0.05) is 0 Å². The second kappa shape index (κ2) is 8.28. The molecule has 2 saturated heterocycles. The summed E-state index contributed by atoms with van der Waals surface area (Å²) in [5, 5.41) is 78.0. The maximum absolute atomic E-state index is 11.3. The average molecular weight is 438 g/mol. The van der Waals surface area contributed by atoms with Crippen LogP contribution in [0.2, 0.25) is 0 Å². The third-order valence-corrected chi connectivity index (χ3v) is 4.80. The highest BCUT2D eigenvalue weighted by Gasteiger charge is 2.66. The zero-order valence-corrected chi connectivity index (χ0v) is 14.9. The minimum absolute atomic E-state index is 0.889. The summed E-state index contributed by atoms with van der Waals surface area (Å²) >= 11 is 0. The maximum Gasteiger partial charge on any atom is 0.402 e. The van der Waals surface area contributed by atoms with Gasteiger partial charge < -0.3 is 50.3 Å². The summed E-state index contributed by atoms with van der Waals surface area (Å²) in [5.74, 6) is -6.26. The molecule has 0 amide bonds. The van der Waals surface area contributed by atoms with Gasteiger partial charge in [0.25, 0.3) is 0 Å². The van der Waals surface area contributed by atoms with Gasteiger partial charge in [-0.15, -0.1) is 0 Å². The lowest BCUT2D eigenvalue weighted by Gasteiger charge is -2.48. The SMILES string of the molecule is O=S(=O)(O)O[C@@]1(OC2(CO)O[C@H](CO)[C@@H](O)[C@@H]2O)O[C@H](CO)[C@@H](O)[C@H](O)[C@H]1O. The minimum Gasteiger partial charge on any atom is -0.394 e. The molecule has 16 heteroatoms. The first-order valence-corrected chi connectivity index (χ1v) is 9.19. The monoisotopic (exact) mass is 438 g/mol. The van der Waals surface area contributed by atoms with Gasteiger partial charge in [-0.3, -0.25) is 9.29 Å². The average Bonchev–Trinajstić information content (AvgIpc) is 2.86. The van der Waals surface area contributed by atoms with Crippen LogP contribution in [0.1, 0.15) is 0 Å². The van der Waals surface area contributed by atoms with Gasteiger partial charge in [0.05, 0.1) is 13.2 Å². The van der Waals surface area contributed by atoms with Crippen LogP contribution in [0.5, 0.6) is 0 Å². The van der Waals surface area contributed by atoms with Crippen LogP contribution in [0, 0.1) is 0 Å². The summed E-state index contributed by atoms with van der Waals surface area (Å²) in [7, 11) is -5.53. The van der Waals surface area contributed by atoms with Crippen LogP contribution in [0.4, 0.5) is 0 Å². The van der Waals surface area contributed by atoms with E-state index in [1.54, 1.807) is 0 Å². The van der Waals surface area contributed by atoms with Crippen molar-refractivity contribution in [1.82, 2.24) is 0 Å².